The molecule has 0 saturated heterocycles. The summed E-state index contributed by atoms with van der Waals surface area (Å²) in [5.41, 5.74) is 2.56. The number of ether oxygens (including phenoxy) is 1. The lowest BCUT2D eigenvalue weighted by Gasteiger charge is -2.13. The SMILES string of the molecule is CCC(C)Oc1ccc(C(=O)NC(=S)Nc2ccc(O)c(-c3nc4ccccc4s3)c2)cc1. The topological polar surface area (TPSA) is 83.5 Å². The molecular formula is C25H23N3O3S2. The van der Waals surface area contributed by atoms with E-state index in [0.29, 0.717) is 27.6 Å². The van der Waals surface area contributed by atoms with Crippen LogP contribution in [-0.2, 0) is 0 Å². The molecule has 3 N–H and O–H groups in total. The number of aromatic nitrogens is 1. The van der Waals surface area contributed by atoms with Gasteiger partial charge < -0.3 is 15.2 Å². The Morgan fingerprint density at radius 1 is 1.15 bits per heavy atom. The lowest BCUT2D eigenvalue weighted by atomic mass is 10.2. The van der Waals surface area contributed by atoms with Crippen LogP contribution in [0, 0.1) is 0 Å². The first-order chi connectivity index (χ1) is 15.9. The smallest absolute Gasteiger partial charge is 0.257 e. The molecule has 1 heterocycles. The van der Waals surface area contributed by atoms with E-state index in [1.165, 1.54) is 11.3 Å². The van der Waals surface area contributed by atoms with Gasteiger partial charge in [0.1, 0.15) is 16.5 Å². The van der Waals surface area contributed by atoms with Gasteiger partial charge in [-0.25, -0.2) is 4.98 Å². The van der Waals surface area contributed by atoms with Gasteiger partial charge in [-0.2, -0.15) is 0 Å². The Hall–Kier alpha value is -3.49. The normalized spacial score (nSPS) is 11.7. The van der Waals surface area contributed by atoms with Crippen molar-refractivity contribution in [3.05, 3.63) is 72.3 Å². The number of para-hydroxylation sites is 1. The highest BCUT2D eigenvalue weighted by Gasteiger charge is 2.13. The van der Waals surface area contributed by atoms with Crippen LogP contribution < -0.4 is 15.4 Å². The molecule has 0 saturated carbocycles. The summed E-state index contributed by atoms with van der Waals surface area (Å²) in [5, 5.41) is 16.9. The van der Waals surface area contributed by atoms with Crippen molar-refractivity contribution in [3.8, 4) is 22.1 Å². The molecule has 3 aromatic carbocycles. The van der Waals surface area contributed by atoms with E-state index >= 15 is 0 Å². The molecule has 168 valence electrons. The summed E-state index contributed by atoms with van der Waals surface area (Å²) in [4.78, 5) is 17.1. The number of fused-ring (bicyclic) bond motifs is 1. The molecule has 0 aliphatic rings. The molecule has 1 unspecified atom stereocenters. The van der Waals surface area contributed by atoms with Gasteiger partial charge in [-0.3, -0.25) is 10.1 Å². The number of nitrogens with zero attached hydrogens (tertiary/aromatic N) is 1. The number of phenolic OH excluding ortho intramolecular Hbond substituents is 1. The summed E-state index contributed by atoms with van der Waals surface area (Å²) in [6.07, 6.45) is 1.01. The van der Waals surface area contributed by atoms with E-state index in [0.717, 1.165) is 16.6 Å². The monoisotopic (exact) mass is 477 g/mol. The molecule has 1 aromatic heterocycles. The Labute approximate surface area is 201 Å². The minimum Gasteiger partial charge on any atom is -0.507 e. The van der Waals surface area contributed by atoms with Crippen molar-refractivity contribution >= 4 is 50.5 Å². The number of carbonyl (C=O) groups excluding carboxylic acids is 1. The quantitative estimate of drug-likeness (QED) is 0.234. The summed E-state index contributed by atoms with van der Waals surface area (Å²) >= 11 is 6.81. The highest BCUT2D eigenvalue weighted by Crippen LogP contribution is 2.36. The molecule has 0 radical (unpaired) electrons. The molecule has 4 rings (SSSR count). The van der Waals surface area contributed by atoms with Crippen LogP contribution in [0.4, 0.5) is 5.69 Å². The number of thiocarbonyl (C=S) groups is 1. The lowest BCUT2D eigenvalue weighted by molar-refractivity contribution is 0.0977. The minimum absolute atomic E-state index is 0.111. The van der Waals surface area contributed by atoms with Crippen LogP contribution in [0.3, 0.4) is 0 Å². The number of rotatable bonds is 6. The van der Waals surface area contributed by atoms with Gasteiger partial charge in [0.2, 0.25) is 0 Å². The van der Waals surface area contributed by atoms with Crippen LogP contribution in [0.2, 0.25) is 0 Å². The second kappa shape index (κ2) is 9.97. The summed E-state index contributed by atoms with van der Waals surface area (Å²) in [6.45, 7) is 4.05. The Morgan fingerprint density at radius 2 is 1.91 bits per heavy atom. The van der Waals surface area contributed by atoms with E-state index in [1.807, 2.05) is 31.2 Å². The number of hydrogen-bond acceptors (Lipinski definition) is 6. The van der Waals surface area contributed by atoms with Gasteiger partial charge in [-0.15, -0.1) is 11.3 Å². The predicted octanol–water partition coefficient (Wildman–Crippen LogP) is 5.97. The van der Waals surface area contributed by atoms with Crippen molar-refractivity contribution in [2.45, 2.75) is 26.4 Å². The van der Waals surface area contributed by atoms with Gasteiger partial charge in [0.15, 0.2) is 5.11 Å². The molecule has 8 heteroatoms. The third-order valence-corrected chi connectivity index (χ3v) is 6.31. The maximum Gasteiger partial charge on any atom is 0.257 e. The van der Waals surface area contributed by atoms with Gasteiger partial charge in [0.25, 0.3) is 5.91 Å². The van der Waals surface area contributed by atoms with E-state index in [1.54, 1.807) is 42.5 Å². The molecule has 33 heavy (non-hydrogen) atoms. The van der Waals surface area contributed by atoms with Crippen molar-refractivity contribution in [1.82, 2.24) is 10.3 Å². The molecule has 1 amide bonds. The molecule has 0 spiro atoms. The Bertz CT molecular complexity index is 1270. The van der Waals surface area contributed by atoms with E-state index in [2.05, 4.69) is 22.5 Å². The van der Waals surface area contributed by atoms with E-state index in [9.17, 15) is 9.90 Å². The Morgan fingerprint density at radius 3 is 2.64 bits per heavy atom. The maximum atomic E-state index is 12.5. The van der Waals surface area contributed by atoms with Crippen molar-refractivity contribution in [3.63, 3.8) is 0 Å². The fraction of sp³-hybridized carbons (Fsp3) is 0.160. The number of anilines is 1. The van der Waals surface area contributed by atoms with Crippen LogP contribution in [0.25, 0.3) is 20.8 Å². The number of nitrogens with one attached hydrogen (secondary N) is 2. The lowest BCUT2D eigenvalue weighted by Crippen LogP contribution is -2.34. The number of amides is 1. The third kappa shape index (κ3) is 5.47. The first-order valence-electron chi connectivity index (χ1n) is 10.5. The fourth-order valence-electron chi connectivity index (χ4n) is 3.11. The summed E-state index contributed by atoms with van der Waals surface area (Å²) in [5.74, 6) is 0.509. The number of aromatic hydroxyl groups is 1. The molecule has 6 nitrogen and oxygen atoms in total. The molecule has 0 aliphatic heterocycles. The second-order valence-electron chi connectivity index (χ2n) is 7.49. The molecule has 0 aliphatic carbocycles. The van der Waals surface area contributed by atoms with Crippen LogP contribution >= 0.6 is 23.6 Å². The molecule has 0 fully saturated rings. The van der Waals surface area contributed by atoms with Gasteiger partial charge in [-0.05, 0) is 80.2 Å². The second-order valence-corrected chi connectivity index (χ2v) is 8.93. The molecule has 4 aromatic rings. The first kappa shape index (κ1) is 22.7. The minimum atomic E-state index is -0.326. The van der Waals surface area contributed by atoms with Crippen molar-refractivity contribution in [1.29, 1.82) is 0 Å². The van der Waals surface area contributed by atoms with Gasteiger partial charge in [-0.1, -0.05) is 19.1 Å². The fourth-order valence-corrected chi connectivity index (χ4v) is 4.31. The van der Waals surface area contributed by atoms with Crippen LogP contribution in [0.5, 0.6) is 11.5 Å². The summed E-state index contributed by atoms with van der Waals surface area (Å²) in [7, 11) is 0. The van der Waals surface area contributed by atoms with Gasteiger partial charge in [0, 0.05) is 11.3 Å². The van der Waals surface area contributed by atoms with Crippen LogP contribution in [-0.4, -0.2) is 27.2 Å². The van der Waals surface area contributed by atoms with E-state index < -0.39 is 0 Å². The van der Waals surface area contributed by atoms with E-state index in [-0.39, 0.29) is 22.9 Å². The number of hydrogen-bond donors (Lipinski definition) is 3. The highest BCUT2D eigenvalue weighted by atomic mass is 32.1. The first-order valence-corrected chi connectivity index (χ1v) is 11.7. The number of phenols is 1. The standard InChI is InChI=1S/C25H23N3O3S2/c1-3-15(2)31-18-11-8-16(9-12-18)23(30)28-25(32)26-17-10-13-21(29)19(14-17)24-27-20-6-4-5-7-22(20)33-24/h4-15,29H,3H2,1-2H3,(H2,26,28,30,32). The van der Waals surface area contributed by atoms with E-state index in [4.69, 9.17) is 17.0 Å². The molecular weight excluding hydrogens is 454 g/mol. The van der Waals surface area contributed by atoms with Crippen molar-refractivity contribution in [2.75, 3.05) is 5.32 Å². The largest absolute Gasteiger partial charge is 0.507 e. The van der Waals surface area contributed by atoms with Crippen LogP contribution in [0.15, 0.2) is 66.7 Å². The summed E-state index contributed by atoms with van der Waals surface area (Å²) < 4.78 is 6.78. The number of carbonyl (C=O) groups is 1. The summed E-state index contributed by atoms with van der Waals surface area (Å²) in [6, 6.07) is 19.7. The average molecular weight is 478 g/mol. The Kier molecular flexibility index (Phi) is 6.86. The number of thiazole rings is 1. The number of benzene rings is 3. The zero-order valence-corrected chi connectivity index (χ0v) is 19.8. The van der Waals surface area contributed by atoms with Gasteiger partial charge in [0.05, 0.1) is 21.9 Å². The van der Waals surface area contributed by atoms with Crippen LogP contribution in [0.1, 0.15) is 30.6 Å². The predicted molar refractivity (Wildman–Crippen MR) is 137 cm³/mol. The Balaban J connectivity index is 1.43. The van der Waals surface area contributed by atoms with Crippen molar-refractivity contribution < 1.29 is 14.6 Å². The molecule has 1 atom stereocenters. The van der Waals surface area contributed by atoms with Crippen molar-refractivity contribution in [2.24, 2.45) is 0 Å². The average Bonchev–Trinajstić information content (AvgIpc) is 3.24. The third-order valence-electron chi connectivity index (χ3n) is 5.03. The molecule has 0 bridgehead atoms. The maximum absolute atomic E-state index is 12.5. The zero-order valence-electron chi connectivity index (χ0n) is 18.2. The highest BCUT2D eigenvalue weighted by molar-refractivity contribution is 7.80. The van der Waals surface area contributed by atoms with Gasteiger partial charge >= 0.3 is 0 Å². The zero-order chi connectivity index (χ0) is 23.4.